The van der Waals surface area contributed by atoms with Crippen LogP contribution in [0, 0.1) is 0 Å². The van der Waals surface area contributed by atoms with Crippen molar-refractivity contribution in [2.75, 3.05) is 7.11 Å². The summed E-state index contributed by atoms with van der Waals surface area (Å²) in [6.07, 6.45) is 1.66. The predicted molar refractivity (Wildman–Crippen MR) is 102 cm³/mol. The Labute approximate surface area is 155 Å². The number of carbonyl (C=O) groups is 1. The van der Waals surface area contributed by atoms with E-state index in [4.69, 9.17) is 9.47 Å². The molecule has 6 nitrogen and oxygen atoms in total. The summed E-state index contributed by atoms with van der Waals surface area (Å²) in [6, 6.07) is 19.5. The van der Waals surface area contributed by atoms with E-state index in [0.717, 1.165) is 5.75 Å². The number of carbonyl (C=O) groups excluding carboxylic acids is 1. The van der Waals surface area contributed by atoms with Crippen molar-refractivity contribution in [1.29, 1.82) is 0 Å². The van der Waals surface area contributed by atoms with Crippen molar-refractivity contribution in [3.05, 3.63) is 77.9 Å². The van der Waals surface area contributed by atoms with Gasteiger partial charge in [-0.25, -0.2) is 4.79 Å². The third kappa shape index (κ3) is 3.59. The van der Waals surface area contributed by atoms with E-state index < -0.39 is 5.97 Å². The summed E-state index contributed by atoms with van der Waals surface area (Å²) in [4.78, 5) is 16.7. The molecular formula is C21H15N3O3. The van der Waals surface area contributed by atoms with Crippen molar-refractivity contribution in [2.45, 2.75) is 0 Å². The molecule has 0 fully saturated rings. The van der Waals surface area contributed by atoms with Crippen molar-refractivity contribution in [3.8, 4) is 11.5 Å². The summed E-state index contributed by atoms with van der Waals surface area (Å²) in [6.45, 7) is 0. The first kappa shape index (κ1) is 16.7. The smallest absolute Gasteiger partial charge is 0.345 e. The highest BCUT2D eigenvalue weighted by molar-refractivity contribution is 6.00. The largest absolute Gasteiger partial charge is 0.497 e. The van der Waals surface area contributed by atoms with Crippen LogP contribution in [0.4, 0.5) is 17.1 Å². The second kappa shape index (κ2) is 7.21. The molecule has 3 aromatic carbocycles. The molecule has 0 aromatic heterocycles. The third-order valence-corrected chi connectivity index (χ3v) is 4.02. The molecule has 0 amide bonds. The highest BCUT2D eigenvalue weighted by Gasteiger charge is 2.17. The standard InChI is InChI=1S/C21H15N3O3/c1-26-17-9-6-15(7-10-17)23-24-16-8-11-20-14(12-16)13-22-19-5-3-2-4-18(19)21(25)27-20/h2-13H,1H3. The first-order valence-electron chi connectivity index (χ1n) is 8.28. The molecule has 0 atom stereocenters. The molecule has 0 unspecified atom stereocenters. The van der Waals surface area contributed by atoms with Gasteiger partial charge in [0.05, 0.1) is 29.7 Å². The number of para-hydroxylation sites is 1. The van der Waals surface area contributed by atoms with Crippen LogP contribution < -0.4 is 9.47 Å². The topological polar surface area (TPSA) is 72.6 Å². The number of azo groups is 1. The SMILES string of the molecule is COc1ccc(N=Nc2ccc3c(c2)C=Nc2ccccc2C(=O)O3)cc1. The van der Waals surface area contributed by atoms with E-state index >= 15 is 0 Å². The Morgan fingerprint density at radius 3 is 2.48 bits per heavy atom. The first-order chi connectivity index (χ1) is 13.2. The Morgan fingerprint density at radius 1 is 0.926 bits per heavy atom. The van der Waals surface area contributed by atoms with Crippen LogP contribution >= 0.6 is 0 Å². The van der Waals surface area contributed by atoms with Crippen LogP contribution in [0.25, 0.3) is 0 Å². The minimum atomic E-state index is -0.434. The number of esters is 1. The van der Waals surface area contributed by atoms with Gasteiger partial charge in [0.15, 0.2) is 0 Å². The molecule has 4 rings (SSSR count). The normalized spacial score (nSPS) is 12.7. The second-order valence-electron chi connectivity index (χ2n) is 5.79. The molecule has 1 aliphatic heterocycles. The van der Waals surface area contributed by atoms with Crippen molar-refractivity contribution in [2.24, 2.45) is 15.2 Å². The van der Waals surface area contributed by atoms with Gasteiger partial charge >= 0.3 is 5.97 Å². The van der Waals surface area contributed by atoms with Gasteiger partial charge in [-0.3, -0.25) is 4.99 Å². The summed E-state index contributed by atoms with van der Waals surface area (Å²) >= 11 is 0. The maximum absolute atomic E-state index is 12.3. The molecule has 1 aliphatic rings. The lowest BCUT2D eigenvalue weighted by molar-refractivity contribution is 0.0735. The molecule has 0 saturated heterocycles. The fourth-order valence-electron chi connectivity index (χ4n) is 2.61. The number of benzene rings is 3. The fourth-order valence-corrected chi connectivity index (χ4v) is 2.61. The Bertz CT molecular complexity index is 1060. The molecule has 132 valence electrons. The van der Waals surface area contributed by atoms with Crippen LogP contribution in [0.1, 0.15) is 15.9 Å². The van der Waals surface area contributed by atoms with Gasteiger partial charge in [-0.1, -0.05) is 12.1 Å². The van der Waals surface area contributed by atoms with Crippen LogP contribution in [0.15, 0.2) is 82.0 Å². The quantitative estimate of drug-likeness (QED) is 0.358. The Kier molecular flexibility index (Phi) is 4.45. The molecule has 0 aliphatic carbocycles. The van der Waals surface area contributed by atoms with Crippen molar-refractivity contribution >= 4 is 29.2 Å². The average Bonchev–Trinajstić information content (AvgIpc) is 2.71. The predicted octanol–water partition coefficient (Wildman–Crippen LogP) is 5.39. The van der Waals surface area contributed by atoms with Gasteiger partial charge in [0.2, 0.25) is 0 Å². The van der Waals surface area contributed by atoms with Crippen LogP contribution in [-0.4, -0.2) is 19.3 Å². The molecule has 27 heavy (non-hydrogen) atoms. The number of rotatable bonds is 3. The highest BCUT2D eigenvalue weighted by Crippen LogP contribution is 2.30. The Morgan fingerprint density at radius 2 is 1.67 bits per heavy atom. The average molecular weight is 357 g/mol. The summed E-state index contributed by atoms with van der Waals surface area (Å²) in [5.41, 5.74) is 2.99. The van der Waals surface area contributed by atoms with E-state index in [1.165, 1.54) is 0 Å². The van der Waals surface area contributed by atoms with Gasteiger partial charge in [-0.15, -0.1) is 0 Å². The maximum Gasteiger partial charge on any atom is 0.345 e. The van der Waals surface area contributed by atoms with Crippen molar-refractivity contribution < 1.29 is 14.3 Å². The highest BCUT2D eigenvalue weighted by atomic mass is 16.5. The van der Waals surface area contributed by atoms with Crippen molar-refractivity contribution in [3.63, 3.8) is 0 Å². The van der Waals surface area contributed by atoms with Crippen molar-refractivity contribution in [1.82, 2.24) is 0 Å². The van der Waals surface area contributed by atoms with Gasteiger partial charge in [0.1, 0.15) is 11.5 Å². The molecule has 0 bridgehead atoms. The molecule has 0 saturated carbocycles. The van der Waals surface area contributed by atoms with Crippen LogP contribution in [0.3, 0.4) is 0 Å². The van der Waals surface area contributed by atoms with E-state index in [2.05, 4.69) is 15.2 Å². The van der Waals surface area contributed by atoms with E-state index in [-0.39, 0.29) is 0 Å². The molecule has 0 radical (unpaired) electrons. The van der Waals surface area contributed by atoms with Gasteiger partial charge in [0.25, 0.3) is 0 Å². The number of fused-ring (bicyclic) bond motifs is 2. The summed E-state index contributed by atoms with van der Waals surface area (Å²) in [5, 5.41) is 8.45. The number of methoxy groups -OCH3 is 1. The Balaban J connectivity index is 1.63. The summed E-state index contributed by atoms with van der Waals surface area (Å²) in [5.74, 6) is 0.756. The molecule has 0 N–H and O–H groups in total. The zero-order valence-electron chi connectivity index (χ0n) is 14.5. The van der Waals surface area contributed by atoms with E-state index in [9.17, 15) is 4.79 Å². The maximum atomic E-state index is 12.3. The Hall–Kier alpha value is -3.80. The fraction of sp³-hybridized carbons (Fsp3) is 0.0476. The van der Waals surface area contributed by atoms with Gasteiger partial charge in [0, 0.05) is 11.8 Å². The number of hydrogen-bond donors (Lipinski definition) is 0. The first-order valence-corrected chi connectivity index (χ1v) is 8.28. The number of ether oxygens (including phenoxy) is 2. The minimum Gasteiger partial charge on any atom is -0.497 e. The van der Waals surface area contributed by atoms with E-state index in [1.807, 2.05) is 30.3 Å². The zero-order valence-corrected chi connectivity index (χ0v) is 14.5. The summed E-state index contributed by atoms with van der Waals surface area (Å²) in [7, 11) is 1.61. The third-order valence-electron chi connectivity index (χ3n) is 4.02. The monoisotopic (exact) mass is 357 g/mol. The second-order valence-corrected chi connectivity index (χ2v) is 5.79. The zero-order chi connectivity index (χ0) is 18.6. The van der Waals surface area contributed by atoms with E-state index in [1.54, 1.807) is 49.7 Å². The number of aliphatic imine (C=N–C) groups is 1. The lowest BCUT2D eigenvalue weighted by Gasteiger charge is -2.12. The summed E-state index contributed by atoms with van der Waals surface area (Å²) < 4.78 is 10.6. The minimum absolute atomic E-state index is 0.432. The number of hydrogen-bond acceptors (Lipinski definition) is 6. The molecular weight excluding hydrogens is 342 g/mol. The lowest BCUT2D eigenvalue weighted by Crippen LogP contribution is -2.11. The molecule has 0 spiro atoms. The lowest BCUT2D eigenvalue weighted by atomic mass is 10.1. The van der Waals surface area contributed by atoms with Gasteiger partial charge in [-0.2, -0.15) is 10.2 Å². The molecule has 3 aromatic rings. The molecule has 1 heterocycles. The van der Waals surface area contributed by atoms with Crippen LogP contribution in [0.2, 0.25) is 0 Å². The number of nitrogens with zero attached hydrogens (tertiary/aromatic N) is 3. The van der Waals surface area contributed by atoms with Gasteiger partial charge < -0.3 is 9.47 Å². The molecule has 6 heteroatoms. The van der Waals surface area contributed by atoms with Gasteiger partial charge in [-0.05, 0) is 54.6 Å². The van der Waals surface area contributed by atoms with Crippen LogP contribution in [0.5, 0.6) is 11.5 Å². The van der Waals surface area contributed by atoms with Crippen LogP contribution in [-0.2, 0) is 0 Å². The van der Waals surface area contributed by atoms with E-state index in [0.29, 0.717) is 33.9 Å².